The molecule has 1 aromatic rings. The Morgan fingerprint density at radius 3 is 2.81 bits per heavy atom. The Morgan fingerprint density at radius 2 is 2.24 bits per heavy atom. The van der Waals surface area contributed by atoms with Crippen LogP contribution in [0.15, 0.2) is 22.7 Å². The minimum absolute atomic E-state index is 0.155. The summed E-state index contributed by atoms with van der Waals surface area (Å²) in [4.78, 5) is 14.9. The van der Waals surface area contributed by atoms with Gasteiger partial charge in [-0.2, -0.15) is 0 Å². The predicted octanol–water partition coefficient (Wildman–Crippen LogP) is 3.61. The van der Waals surface area contributed by atoms with Gasteiger partial charge in [-0.25, -0.2) is 0 Å². The number of halogens is 1. The van der Waals surface area contributed by atoms with Crippen LogP contribution in [0.1, 0.15) is 42.6 Å². The van der Waals surface area contributed by atoms with Gasteiger partial charge < -0.3 is 10.2 Å². The first-order valence-corrected chi connectivity index (χ1v) is 8.55. The van der Waals surface area contributed by atoms with Gasteiger partial charge in [-0.05, 0) is 56.0 Å². The fourth-order valence-corrected chi connectivity index (χ4v) is 3.37. The van der Waals surface area contributed by atoms with Gasteiger partial charge in [-0.15, -0.1) is 0 Å². The van der Waals surface area contributed by atoms with Gasteiger partial charge in [0, 0.05) is 29.2 Å². The maximum absolute atomic E-state index is 12.9. The molecule has 1 heterocycles. The van der Waals surface area contributed by atoms with Gasteiger partial charge in [-0.3, -0.25) is 4.79 Å². The molecule has 1 atom stereocenters. The van der Waals surface area contributed by atoms with Crippen molar-refractivity contribution >= 4 is 21.8 Å². The van der Waals surface area contributed by atoms with E-state index in [4.69, 9.17) is 0 Å². The van der Waals surface area contributed by atoms with Crippen molar-refractivity contribution in [2.45, 2.75) is 39.7 Å². The number of carbonyl (C=O) groups excluding carboxylic acids is 1. The average molecular weight is 353 g/mol. The van der Waals surface area contributed by atoms with E-state index in [-0.39, 0.29) is 5.91 Å². The molecule has 1 aliphatic rings. The Kier molecular flexibility index (Phi) is 5.82. The molecule has 0 saturated carbocycles. The number of amides is 1. The Hall–Kier alpha value is -0.870. The van der Waals surface area contributed by atoms with Crippen LogP contribution in [-0.4, -0.2) is 36.5 Å². The van der Waals surface area contributed by atoms with E-state index in [0.717, 1.165) is 35.2 Å². The summed E-state index contributed by atoms with van der Waals surface area (Å²) in [6, 6.07) is 6.33. The lowest BCUT2D eigenvalue weighted by Crippen LogP contribution is -2.43. The third-order valence-electron chi connectivity index (χ3n) is 3.89. The molecular formula is C17H25BrN2O. The molecule has 1 N–H and O–H groups in total. The summed E-state index contributed by atoms with van der Waals surface area (Å²) in [5.74, 6) is 0.633. The van der Waals surface area contributed by atoms with E-state index in [1.807, 2.05) is 30.0 Å². The largest absolute Gasteiger partial charge is 0.337 e. The van der Waals surface area contributed by atoms with E-state index in [1.165, 1.54) is 12.8 Å². The highest BCUT2D eigenvalue weighted by molar-refractivity contribution is 9.10. The van der Waals surface area contributed by atoms with Crippen molar-refractivity contribution in [1.29, 1.82) is 0 Å². The smallest absolute Gasteiger partial charge is 0.254 e. The molecule has 1 fully saturated rings. The lowest BCUT2D eigenvalue weighted by Gasteiger charge is -2.28. The van der Waals surface area contributed by atoms with Gasteiger partial charge in [0.05, 0.1) is 0 Å². The average Bonchev–Trinajstić information content (AvgIpc) is 2.89. The second kappa shape index (κ2) is 7.41. The Morgan fingerprint density at radius 1 is 1.48 bits per heavy atom. The number of nitrogens with one attached hydrogen (secondary N) is 1. The summed E-state index contributed by atoms with van der Waals surface area (Å²) in [6.07, 6.45) is 2.38. The van der Waals surface area contributed by atoms with Crippen LogP contribution >= 0.6 is 15.9 Å². The summed E-state index contributed by atoms with van der Waals surface area (Å²) in [5, 5.41) is 3.49. The molecule has 21 heavy (non-hydrogen) atoms. The highest BCUT2D eigenvalue weighted by Gasteiger charge is 2.23. The predicted molar refractivity (Wildman–Crippen MR) is 90.6 cm³/mol. The summed E-state index contributed by atoms with van der Waals surface area (Å²) >= 11 is 3.46. The van der Waals surface area contributed by atoms with Crippen molar-refractivity contribution in [3.63, 3.8) is 0 Å². The molecule has 116 valence electrons. The number of nitrogens with zero attached hydrogens (tertiary/aromatic N) is 1. The summed E-state index contributed by atoms with van der Waals surface area (Å²) in [6.45, 7) is 9.03. The van der Waals surface area contributed by atoms with Crippen LogP contribution in [-0.2, 0) is 0 Å². The zero-order valence-electron chi connectivity index (χ0n) is 13.2. The fraction of sp³-hybridized carbons (Fsp3) is 0.588. The van der Waals surface area contributed by atoms with Gasteiger partial charge in [-0.1, -0.05) is 29.8 Å². The van der Waals surface area contributed by atoms with Crippen LogP contribution in [0.2, 0.25) is 0 Å². The van der Waals surface area contributed by atoms with Crippen molar-refractivity contribution < 1.29 is 4.79 Å². The van der Waals surface area contributed by atoms with Crippen molar-refractivity contribution in [2.24, 2.45) is 5.92 Å². The number of carbonyl (C=O) groups is 1. The lowest BCUT2D eigenvalue weighted by atomic mass is 10.1. The SMILES string of the molecule is Cc1cc(Br)ccc1C(=O)N(CC(C)C)CC1CCCN1. The molecule has 0 bridgehead atoms. The van der Waals surface area contributed by atoms with Crippen LogP contribution < -0.4 is 5.32 Å². The number of aryl methyl sites for hydroxylation is 1. The molecule has 1 aromatic carbocycles. The van der Waals surface area contributed by atoms with E-state index in [2.05, 4.69) is 35.1 Å². The van der Waals surface area contributed by atoms with Crippen LogP contribution in [0.4, 0.5) is 0 Å². The van der Waals surface area contributed by atoms with E-state index in [0.29, 0.717) is 12.0 Å². The third-order valence-corrected chi connectivity index (χ3v) is 4.39. The molecule has 0 aromatic heterocycles. The van der Waals surface area contributed by atoms with Crippen molar-refractivity contribution in [3.8, 4) is 0 Å². The van der Waals surface area contributed by atoms with Gasteiger partial charge >= 0.3 is 0 Å². The molecule has 4 heteroatoms. The molecular weight excluding hydrogens is 328 g/mol. The Balaban J connectivity index is 2.15. The maximum atomic E-state index is 12.9. The van der Waals surface area contributed by atoms with Crippen molar-refractivity contribution in [1.82, 2.24) is 10.2 Å². The zero-order valence-corrected chi connectivity index (χ0v) is 14.7. The third kappa shape index (κ3) is 4.55. The minimum atomic E-state index is 0.155. The quantitative estimate of drug-likeness (QED) is 0.877. The van der Waals surface area contributed by atoms with Gasteiger partial charge in [0.2, 0.25) is 0 Å². The molecule has 2 rings (SSSR count). The van der Waals surface area contributed by atoms with Gasteiger partial charge in [0.25, 0.3) is 5.91 Å². The van der Waals surface area contributed by atoms with E-state index in [1.54, 1.807) is 0 Å². The first-order valence-electron chi connectivity index (χ1n) is 7.76. The Labute approximate surface area is 136 Å². The molecule has 3 nitrogen and oxygen atoms in total. The molecule has 1 amide bonds. The zero-order chi connectivity index (χ0) is 15.4. The van der Waals surface area contributed by atoms with Gasteiger partial charge in [0.1, 0.15) is 0 Å². The highest BCUT2D eigenvalue weighted by atomic mass is 79.9. The summed E-state index contributed by atoms with van der Waals surface area (Å²) in [7, 11) is 0. The molecule has 1 saturated heterocycles. The van der Waals surface area contributed by atoms with Crippen LogP contribution in [0, 0.1) is 12.8 Å². The Bertz CT molecular complexity index is 496. The number of hydrogen-bond donors (Lipinski definition) is 1. The lowest BCUT2D eigenvalue weighted by molar-refractivity contribution is 0.0720. The number of hydrogen-bond acceptors (Lipinski definition) is 2. The highest BCUT2D eigenvalue weighted by Crippen LogP contribution is 2.19. The van der Waals surface area contributed by atoms with Crippen LogP contribution in [0.5, 0.6) is 0 Å². The molecule has 1 unspecified atom stereocenters. The number of benzene rings is 1. The monoisotopic (exact) mass is 352 g/mol. The molecule has 0 spiro atoms. The first kappa shape index (κ1) is 16.5. The fourth-order valence-electron chi connectivity index (χ4n) is 2.90. The van der Waals surface area contributed by atoms with Crippen molar-refractivity contribution in [3.05, 3.63) is 33.8 Å². The maximum Gasteiger partial charge on any atom is 0.254 e. The number of rotatable bonds is 5. The normalized spacial score (nSPS) is 18.2. The van der Waals surface area contributed by atoms with Crippen molar-refractivity contribution in [2.75, 3.05) is 19.6 Å². The summed E-state index contributed by atoms with van der Waals surface area (Å²) < 4.78 is 1.02. The first-order chi connectivity index (χ1) is 9.97. The molecule has 0 radical (unpaired) electrons. The second-order valence-corrected chi connectivity index (χ2v) is 7.27. The van der Waals surface area contributed by atoms with Gasteiger partial charge in [0.15, 0.2) is 0 Å². The van der Waals surface area contributed by atoms with E-state index in [9.17, 15) is 4.79 Å². The van der Waals surface area contributed by atoms with Crippen LogP contribution in [0.3, 0.4) is 0 Å². The topological polar surface area (TPSA) is 32.3 Å². The second-order valence-electron chi connectivity index (χ2n) is 6.36. The standard InChI is InChI=1S/C17H25BrN2O/c1-12(2)10-20(11-15-5-4-8-19-15)17(21)16-7-6-14(18)9-13(16)3/h6-7,9,12,15,19H,4-5,8,10-11H2,1-3H3. The molecule has 0 aliphatic carbocycles. The molecule has 1 aliphatic heterocycles. The summed E-state index contributed by atoms with van der Waals surface area (Å²) in [5.41, 5.74) is 1.85. The van der Waals surface area contributed by atoms with E-state index < -0.39 is 0 Å². The van der Waals surface area contributed by atoms with E-state index >= 15 is 0 Å². The minimum Gasteiger partial charge on any atom is -0.337 e. The van der Waals surface area contributed by atoms with Crippen LogP contribution in [0.25, 0.3) is 0 Å².